The van der Waals surface area contributed by atoms with Crippen LogP contribution in [0.15, 0.2) is 12.1 Å². The molecule has 0 aromatic carbocycles. The van der Waals surface area contributed by atoms with Gasteiger partial charge in [-0.2, -0.15) is 13.2 Å². The molecule has 0 bridgehead atoms. The van der Waals surface area contributed by atoms with E-state index in [-0.39, 0.29) is 24.7 Å². The van der Waals surface area contributed by atoms with Gasteiger partial charge >= 0.3 is 6.18 Å². The van der Waals surface area contributed by atoms with Crippen molar-refractivity contribution in [2.24, 2.45) is 0 Å². The lowest BCUT2D eigenvalue weighted by molar-refractivity contribution is -0.147. The molecule has 3 rings (SSSR count). The van der Waals surface area contributed by atoms with Crippen molar-refractivity contribution in [3.63, 3.8) is 0 Å². The number of nitrogens with two attached hydrogens (primary N) is 1. The summed E-state index contributed by atoms with van der Waals surface area (Å²) in [7, 11) is 0. The number of nitrogen functional groups attached to an aromatic ring is 1. The van der Waals surface area contributed by atoms with Crippen LogP contribution in [-0.4, -0.2) is 31.5 Å². The molecule has 2 N–H and O–H groups in total. The fourth-order valence-corrected chi connectivity index (χ4v) is 2.07. The van der Waals surface area contributed by atoms with Crippen LogP contribution in [0.3, 0.4) is 0 Å². The lowest BCUT2D eigenvalue weighted by Crippen LogP contribution is -2.35. The molecule has 0 spiro atoms. The van der Waals surface area contributed by atoms with E-state index in [1.54, 1.807) is 17.0 Å². The van der Waals surface area contributed by atoms with Crippen molar-refractivity contribution in [1.29, 1.82) is 0 Å². The van der Waals surface area contributed by atoms with Gasteiger partial charge in [-0.05, 0) is 12.1 Å². The van der Waals surface area contributed by atoms with E-state index in [0.29, 0.717) is 12.4 Å². The van der Waals surface area contributed by atoms with Crippen LogP contribution < -0.4 is 10.6 Å². The number of anilines is 2. The number of nitrogens with zero attached hydrogens (tertiary/aromatic N) is 6. The summed E-state index contributed by atoms with van der Waals surface area (Å²) in [6.45, 7) is 0.706. The summed E-state index contributed by atoms with van der Waals surface area (Å²) in [6.07, 6.45) is -4.49. The third kappa shape index (κ3) is 2.12. The van der Waals surface area contributed by atoms with Crippen LogP contribution in [0.5, 0.6) is 0 Å². The zero-order valence-corrected chi connectivity index (χ0v) is 10.2. The molecule has 106 valence electrons. The van der Waals surface area contributed by atoms with Gasteiger partial charge in [-0.15, -0.1) is 20.4 Å². The Morgan fingerprint density at radius 3 is 2.50 bits per heavy atom. The first-order valence-electron chi connectivity index (χ1n) is 5.78. The minimum absolute atomic E-state index is 0.142. The second kappa shape index (κ2) is 4.32. The van der Waals surface area contributed by atoms with Gasteiger partial charge in [0.15, 0.2) is 11.6 Å². The van der Waals surface area contributed by atoms with Crippen molar-refractivity contribution in [2.75, 3.05) is 17.2 Å². The average Bonchev–Trinajstić information content (AvgIpc) is 2.82. The predicted octanol–water partition coefficient (Wildman–Crippen LogP) is 0.689. The number of fused-ring (bicyclic) bond motifs is 1. The second-order valence-corrected chi connectivity index (χ2v) is 4.33. The van der Waals surface area contributed by atoms with Gasteiger partial charge in [0, 0.05) is 13.1 Å². The van der Waals surface area contributed by atoms with E-state index in [9.17, 15) is 13.2 Å². The number of rotatable bonds is 1. The minimum atomic E-state index is -4.49. The summed E-state index contributed by atoms with van der Waals surface area (Å²) in [4.78, 5) is 1.77. The average molecular weight is 285 g/mol. The van der Waals surface area contributed by atoms with E-state index >= 15 is 0 Å². The van der Waals surface area contributed by atoms with Gasteiger partial charge in [0.2, 0.25) is 5.82 Å². The predicted molar refractivity (Wildman–Crippen MR) is 62.5 cm³/mol. The molecule has 10 heteroatoms. The van der Waals surface area contributed by atoms with Gasteiger partial charge in [0.1, 0.15) is 5.82 Å². The zero-order chi connectivity index (χ0) is 14.3. The van der Waals surface area contributed by atoms with Crippen LogP contribution in [-0.2, 0) is 19.3 Å². The standard InChI is InChI=1S/C10H10F3N7/c11-10(12,13)9-18-17-8-5-19(3-4-20(8)9)7-2-1-6(14)15-16-7/h1-2H,3-5H2,(H2,14,15). The molecule has 0 fully saturated rings. The van der Waals surface area contributed by atoms with Crippen LogP contribution in [0.1, 0.15) is 11.6 Å². The molecule has 0 saturated carbocycles. The Kier molecular flexibility index (Phi) is 2.73. The number of hydrogen-bond acceptors (Lipinski definition) is 6. The summed E-state index contributed by atoms with van der Waals surface area (Å²) >= 11 is 0. The van der Waals surface area contributed by atoms with Gasteiger partial charge in [0.05, 0.1) is 6.54 Å². The summed E-state index contributed by atoms with van der Waals surface area (Å²) in [5.74, 6) is 0.119. The summed E-state index contributed by atoms with van der Waals surface area (Å²) in [5, 5.41) is 14.4. The Balaban J connectivity index is 1.86. The first-order valence-corrected chi connectivity index (χ1v) is 5.78. The van der Waals surface area contributed by atoms with E-state index in [0.717, 1.165) is 4.57 Å². The van der Waals surface area contributed by atoms with Gasteiger partial charge in [-0.3, -0.25) is 0 Å². The molecular weight excluding hydrogens is 275 g/mol. The highest BCUT2D eigenvalue weighted by Gasteiger charge is 2.39. The fraction of sp³-hybridized carbons (Fsp3) is 0.400. The fourth-order valence-electron chi connectivity index (χ4n) is 2.07. The number of alkyl halides is 3. The monoisotopic (exact) mass is 285 g/mol. The Labute approximate surface area is 111 Å². The Morgan fingerprint density at radius 2 is 1.85 bits per heavy atom. The number of hydrogen-bond donors (Lipinski definition) is 1. The van der Waals surface area contributed by atoms with Crippen LogP contribution in [0.25, 0.3) is 0 Å². The van der Waals surface area contributed by atoms with Crippen LogP contribution in [0, 0.1) is 0 Å². The molecule has 1 aliphatic rings. The Bertz CT molecular complexity index is 619. The number of aromatic nitrogens is 5. The maximum absolute atomic E-state index is 12.7. The highest BCUT2D eigenvalue weighted by atomic mass is 19.4. The quantitative estimate of drug-likeness (QED) is 0.829. The first-order chi connectivity index (χ1) is 9.45. The van der Waals surface area contributed by atoms with Crippen molar-refractivity contribution in [3.05, 3.63) is 23.8 Å². The molecule has 2 aromatic rings. The summed E-state index contributed by atoms with van der Waals surface area (Å²) in [5.41, 5.74) is 5.44. The molecule has 0 radical (unpaired) electrons. The molecule has 7 nitrogen and oxygen atoms in total. The smallest absolute Gasteiger partial charge is 0.382 e. The lowest BCUT2D eigenvalue weighted by atomic mass is 10.3. The molecule has 2 aromatic heterocycles. The number of halogens is 3. The molecule has 0 atom stereocenters. The van der Waals surface area contributed by atoms with E-state index < -0.39 is 12.0 Å². The van der Waals surface area contributed by atoms with Crippen LogP contribution in [0.2, 0.25) is 0 Å². The molecule has 0 unspecified atom stereocenters. The van der Waals surface area contributed by atoms with Crippen molar-refractivity contribution in [1.82, 2.24) is 25.0 Å². The third-order valence-corrected chi connectivity index (χ3v) is 3.00. The summed E-state index contributed by atoms with van der Waals surface area (Å²) < 4.78 is 39.2. The van der Waals surface area contributed by atoms with E-state index in [1.807, 2.05) is 0 Å². The topological polar surface area (TPSA) is 85.8 Å². The molecule has 3 heterocycles. The largest absolute Gasteiger partial charge is 0.451 e. The van der Waals surface area contributed by atoms with E-state index in [4.69, 9.17) is 5.73 Å². The van der Waals surface area contributed by atoms with Gasteiger partial charge < -0.3 is 15.2 Å². The molecule has 0 amide bonds. The summed E-state index contributed by atoms with van der Waals surface area (Å²) in [6, 6.07) is 3.25. The Morgan fingerprint density at radius 1 is 1.05 bits per heavy atom. The first kappa shape index (κ1) is 12.6. The maximum Gasteiger partial charge on any atom is 0.451 e. The highest BCUT2D eigenvalue weighted by molar-refractivity contribution is 5.42. The molecule has 0 saturated heterocycles. The van der Waals surface area contributed by atoms with Crippen LogP contribution in [0.4, 0.5) is 24.8 Å². The minimum Gasteiger partial charge on any atom is -0.382 e. The van der Waals surface area contributed by atoms with Crippen LogP contribution >= 0.6 is 0 Å². The van der Waals surface area contributed by atoms with Crippen molar-refractivity contribution >= 4 is 11.6 Å². The van der Waals surface area contributed by atoms with Crippen molar-refractivity contribution in [3.8, 4) is 0 Å². The lowest BCUT2D eigenvalue weighted by Gasteiger charge is -2.28. The zero-order valence-electron chi connectivity index (χ0n) is 10.2. The van der Waals surface area contributed by atoms with Gasteiger partial charge in [0.25, 0.3) is 0 Å². The third-order valence-electron chi connectivity index (χ3n) is 3.00. The normalized spacial score (nSPS) is 15.2. The van der Waals surface area contributed by atoms with Gasteiger partial charge in [-0.1, -0.05) is 0 Å². The van der Waals surface area contributed by atoms with E-state index in [2.05, 4.69) is 20.4 Å². The SMILES string of the molecule is Nc1ccc(N2CCn3c(nnc3C(F)(F)F)C2)nn1. The van der Waals surface area contributed by atoms with Gasteiger partial charge in [-0.25, -0.2) is 0 Å². The highest BCUT2D eigenvalue weighted by Crippen LogP contribution is 2.30. The van der Waals surface area contributed by atoms with Crippen molar-refractivity contribution in [2.45, 2.75) is 19.3 Å². The molecule has 0 aliphatic carbocycles. The molecular formula is C10H10F3N7. The Hall–Kier alpha value is -2.39. The molecule has 20 heavy (non-hydrogen) atoms. The van der Waals surface area contributed by atoms with E-state index in [1.165, 1.54) is 0 Å². The maximum atomic E-state index is 12.7. The molecule has 1 aliphatic heterocycles. The second-order valence-electron chi connectivity index (χ2n) is 4.33. The van der Waals surface area contributed by atoms with Crippen molar-refractivity contribution < 1.29 is 13.2 Å².